The minimum Gasteiger partial charge on any atom is -0.459 e. The topological polar surface area (TPSA) is 38.7 Å². The summed E-state index contributed by atoms with van der Waals surface area (Å²) in [6.45, 7) is 9.56. The van der Waals surface area contributed by atoms with Crippen molar-refractivity contribution in [2.45, 2.75) is 40.2 Å². The molecule has 0 spiro atoms. The highest BCUT2D eigenvalue weighted by molar-refractivity contribution is 6.13. The van der Waals surface area contributed by atoms with Crippen LogP contribution in [0.3, 0.4) is 0 Å². The average Bonchev–Trinajstić information content (AvgIpc) is 2.57. The number of ether oxygens (including phenoxy) is 1. The van der Waals surface area contributed by atoms with E-state index in [2.05, 4.69) is 4.99 Å². The van der Waals surface area contributed by atoms with Crippen molar-refractivity contribution in [2.75, 3.05) is 6.54 Å². The molecule has 3 nitrogen and oxygen atoms in total. The Morgan fingerprint density at radius 3 is 1.67 bits per heavy atom. The van der Waals surface area contributed by atoms with Gasteiger partial charge in [-0.2, -0.15) is 0 Å². The number of carbonyl (C=O) groups excluding carboxylic acids is 1. The fourth-order valence-electron chi connectivity index (χ4n) is 2.06. The van der Waals surface area contributed by atoms with Gasteiger partial charge in [0.25, 0.3) is 0 Å². The van der Waals surface area contributed by atoms with E-state index in [1.54, 1.807) is 0 Å². The molecule has 0 fully saturated rings. The van der Waals surface area contributed by atoms with Crippen LogP contribution in [-0.4, -0.2) is 23.8 Å². The zero-order chi connectivity index (χ0) is 18.0. The molecule has 24 heavy (non-hydrogen) atoms. The van der Waals surface area contributed by atoms with Crippen LogP contribution in [0.25, 0.3) is 0 Å². The summed E-state index contributed by atoms with van der Waals surface area (Å²) in [4.78, 5) is 16.4. The van der Waals surface area contributed by atoms with Crippen LogP contribution >= 0.6 is 0 Å². The van der Waals surface area contributed by atoms with Gasteiger partial charge in [0.15, 0.2) is 0 Å². The number of nitrogens with zero attached hydrogens (tertiary/aromatic N) is 1. The second-order valence-electron chi connectivity index (χ2n) is 5.98. The number of hydrogen-bond donors (Lipinski definition) is 0. The average molecular weight is 325 g/mol. The second kappa shape index (κ2) is 9.66. The summed E-state index contributed by atoms with van der Waals surface area (Å²) in [5.74, 6) is -0.322. The number of esters is 1. The summed E-state index contributed by atoms with van der Waals surface area (Å²) in [6.07, 6.45) is 0. The predicted octanol–water partition coefficient (Wildman–Crippen LogP) is 4.89. The fraction of sp³-hybridized carbons (Fsp3) is 0.333. The normalized spacial score (nSPS) is 10.2. The third-order valence-corrected chi connectivity index (χ3v) is 2.88. The third kappa shape index (κ3) is 6.78. The summed E-state index contributed by atoms with van der Waals surface area (Å²) >= 11 is 0. The second-order valence-corrected chi connectivity index (χ2v) is 5.98. The minimum atomic E-state index is -0.494. The molecular weight excluding hydrogens is 298 g/mol. The molecule has 0 atom stereocenters. The maximum atomic E-state index is 11.9. The van der Waals surface area contributed by atoms with Gasteiger partial charge in [0.2, 0.25) is 0 Å². The van der Waals surface area contributed by atoms with Gasteiger partial charge in [0.05, 0.1) is 5.71 Å². The largest absolute Gasteiger partial charge is 0.459 e. The van der Waals surface area contributed by atoms with Crippen LogP contribution in [0.5, 0.6) is 0 Å². The minimum absolute atomic E-state index is 0.0103. The molecule has 3 heteroatoms. The highest BCUT2D eigenvalue weighted by atomic mass is 16.6. The fourth-order valence-corrected chi connectivity index (χ4v) is 2.06. The summed E-state index contributed by atoms with van der Waals surface area (Å²) < 4.78 is 5.31. The van der Waals surface area contributed by atoms with Crippen LogP contribution in [-0.2, 0) is 9.53 Å². The monoisotopic (exact) mass is 325 g/mol. The van der Waals surface area contributed by atoms with Crippen molar-refractivity contribution in [3.05, 3.63) is 71.8 Å². The molecule has 0 aliphatic rings. The van der Waals surface area contributed by atoms with Crippen molar-refractivity contribution in [1.29, 1.82) is 0 Å². The van der Waals surface area contributed by atoms with Gasteiger partial charge in [-0.1, -0.05) is 74.5 Å². The Bertz CT molecular complexity index is 599. The van der Waals surface area contributed by atoms with E-state index in [-0.39, 0.29) is 12.5 Å². The quantitative estimate of drug-likeness (QED) is 0.593. The lowest BCUT2D eigenvalue weighted by Gasteiger charge is -2.18. The van der Waals surface area contributed by atoms with E-state index in [1.165, 1.54) is 0 Å². The molecule has 0 heterocycles. The lowest BCUT2D eigenvalue weighted by molar-refractivity contribution is -0.152. The van der Waals surface area contributed by atoms with Crippen LogP contribution in [0.2, 0.25) is 0 Å². The Hall–Kier alpha value is -2.42. The van der Waals surface area contributed by atoms with Crippen LogP contribution < -0.4 is 0 Å². The Morgan fingerprint density at radius 2 is 1.29 bits per heavy atom. The SMILES string of the molecule is CC.CC(C)(C)OC(=O)CN=C(c1ccccc1)c1ccccc1. The highest BCUT2D eigenvalue weighted by Gasteiger charge is 2.16. The summed E-state index contributed by atoms with van der Waals surface area (Å²) in [5, 5.41) is 0. The van der Waals surface area contributed by atoms with E-state index in [4.69, 9.17) is 4.74 Å². The first-order chi connectivity index (χ1) is 11.5. The Morgan fingerprint density at radius 1 is 0.875 bits per heavy atom. The summed E-state index contributed by atoms with van der Waals surface area (Å²) in [5.41, 5.74) is 2.27. The molecule has 2 aromatic carbocycles. The molecule has 0 radical (unpaired) electrons. The van der Waals surface area contributed by atoms with Crippen molar-refractivity contribution >= 4 is 11.7 Å². The molecule has 0 amide bonds. The molecule has 0 aliphatic carbocycles. The lowest BCUT2D eigenvalue weighted by Crippen LogP contribution is -2.25. The van der Waals surface area contributed by atoms with Crippen molar-refractivity contribution < 1.29 is 9.53 Å². The smallest absolute Gasteiger partial charge is 0.328 e. The Labute approximate surface area is 145 Å². The lowest BCUT2D eigenvalue weighted by atomic mass is 10.0. The van der Waals surface area contributed by atoms with Crippen molar-refractivity contribution in [3.8, 4) is 0 Å². The predicted molar refractivity (Wildman–Crippen MR) is 101 cm³/mol. The maximum Gasteiger partial charge on any atom is 0.328 e. The molecule has 2 rings (SSSR count). The molecule has 0 aliphatic heterocycles. The molecular formula is C21H27NO2. The zero-order valence-corrected chi connectivity index (χ0v) is 15.2. The van der Waals surface area contributed by atoms with E-state index in [9.17, 15) is 4.79 Å². The van der Waals surface area contributed by atoms with Crippen LogP contribution in [0, 0.1) is 0 Å². The van der Waals surface area contributed by atoms with Gasteiger partial charge >= 0.3 is 5.97 Å². The number of rotatable bonds is 4. The number of carbonyl (C=O) groups is 1. The molecule has 0 N–H and O–H groups in total. The molecule has 128 valence electrons. The van der Waals surface area contributed by atoms with Crippen molar-refractivity contribution in [2.24, 2.45) is 4.99 Å². The Balaban J connectivity index is 0.00000139. The molecule has 0 saturated heterocycles. The third-order valence-electron chi connectivity index (χ3n) is 2.88. The van der Waals surface area contributed by atoms with E-state index in [0.29, 0.717) is 0 Å². The first-order valence-electron chi connectivity index (χ1n) is 8.33. The van der Waals surface area contributed by atoms with E-state index >= 15 is 0 Å². The van der Waals surface area contributed by atoms with E-state index < -0.39 is 5.60 Å². The number of hydrogen-bond acceptors (Lipinski definition) is 3. The molecule has 0 aromatic heterocycles. The van der Waals surface area contributed by atoms with Crippen molar-refractivity contribution in [3.63, 3.8) is 0 Å². The van der Waals surface area contributed by atoms with Gasteiger partial charge in [0, 0.05) is 11.1 Å². The van der Waals surface area contributed by atoms with E-state index in [0.717, 1.165) is 16.8 Å². The van der Waals surface area contributed by atoms with Crippen molar-refractivity contribution in [1.82, 2.24) is 0 Å². The van der Waals surface area contributed by atoms with Gasteiger partial charge in [-0.3, -0.25) is 9.79 Å². The summed E-state index contributed by atoms with van der Waals surface area (Å²) in [7, 11) is 0. The molecule has 2 aromatic rings. The van der Waals surface area contributed by atoms with E-state index in [1.807, 2.05) is 95.3 Å². The van der Waals surface area contributed by atoms with Crippen LogP contribution in [0.1, 0.15) is 45.7 Å². The molecule has 0 unspecified atom stereocenters. The first kappa shape index (κ1) is 19.6. The van der Waals surface area contributed by atoms with Crippen LogP contribution in [0.15, 0.2) is 65.7 Å². The first-order valence-corrected chi connectivity index (χ1v) is 8.33. The Kier molecular flexibility index (Phi) is 7.90. The number of benzene rings is 2. The van der Waals surface area contributed by atoms with Gasteiger partial charge in [-0.25, -0.2) is 0 Å². The van der Waals surface area contributed by atoms with Gasteiger partial charge in [-0.15, -0.1) is 0 Å². The van der Waals surface area contributed by atoms with Gasteiger partial charge < -0.3 is 4.74 Å². The zero-order valence-electron chi connectivity index (χ0n) is 15.2. The van der Waals surface area contributed by atoms with Gasteiger partial charge in [0.1, 0.15) is 12.1 Å². The molecule has 0 bridgehead atoms. The van der Waals surface area contributed by atoms with Crippen LogP contribution in [0.4, 0.5) is 0 Å². The standard InChI is InChI=1S/C19H21NO2.C2H6/c1-19(2,3)22-17(21)14-20-18(15-10-6-4-7-11-15)16-12-8-5-9-13-16;1-2/h4-13H,14H2,1-3H3;1-2H3. The van der Waals surface area contributed by atoms with Gasteiger partial charge in [-0.05, 0) is 20.8 Å². The number of aliphatic imine (C=N–C) groups is 1. The molecule has 0 saturated carbocycles. The maximum absolute atomic E-state index is 11.9. The summed E-state index contributed by atoms with van der Waals surface area (Å²) in [6, 6.07) is 19.7. The highest BCUT2D eigenvalue weighted by Crippen LogP contribution is 2.12.